The van der Waals surface area contributed by atoms with E-state index in [0.29, 0.717) is 18.1 Å². The predicted octanol–water partition coefficient (Wildman–Crippen LogP) is 3.18. The van der Waals surface area contributed by atoms with E-state index in [9.17, 15) is 14.0 Å². The number of carbonyl (C=O) groups excluding carboxylic acids is 2. The highest BCUT2D eigenvalue weighted by atomic mass is 19.1. The highest BCUT2D eigenvalue weighted by Crippen LogP contribution is 2.33. The van der Waals surface area contributed by atoms with E-state index in [0.717, 1.165) is 12.1 Å². The Balaban J connectivity index is 1.59. The van der Waals surface area contributed by atoms with Crippen molar-refractivity contribution in [3.63, 3.8) is 0 Å². The molecule has 2 aromatic carbocycles. The molecule has 0 saturated carbocycles. The van der Waals surface area contributed by atoms with E-state index < -0.39 is 11.9 Å². The summed E-state index contributed by atoms with van der Waals surface area (Å²) in [6, 6.07) is 13.8. The van der Waals surface area contributed by atoms with Gasteiger partial charge in [-0.2, -0.15) is 4.98 Å². The molecule has 2 heterocycles. The molecule has 170 valence electrons. The summed E-state index contributed by atoms with van der Waals surface area (Å²) in [4.78, 5) is 35.2. The van der Waals surface area contributed by atoms with Crippen molar-refractivity contribution in [3.05, 3.63) is 77.2 Å². The van der Waals surface area contributed by atoms with Crippen LogP contribution >= 0.6 is 0 Å². The van der Waals surface area contributed by atoms with Crippen molar-refractivity contribution in [2.75, 3.05) is 24.6 Å². The first-order valence-corrected chi connectivity index (χ1v) is 10.6. The van der Waals surface area contributed by atoms with Crippen molar-refractivity contribution in [1.82, 2.24) is 15.3 Å². The number of aromatic nitrogens is 2. The number of hydrogen-bond acceptors (Lipinski definition) is 7. The number of nitrogens with one attached hydrogen (secondary N) is 1. The van der Waals surface area contributed by atoms with Crippen LogP contribution in [0.2, 0.25) is 0 Å². The molecule has 0 aliphatic carbocycles. The first-order chi connectivity index (χ1) is 16.0. The van der Waals surface area contributed by atoms with Gasteiger partial charge in [-0.15, -0.1) is 0 Å². The fourth-order valence-electron chi connectivity index (χ4n) is 3.49. The van der Waals surface area contributed by atoms with Crippen molar-refractivity contribution >= 4 is 23.5 Å². The molecule has 0 spiro atoms. The first-order valence-electron chi connectivity index (χ1n) is 10.6. The second-order valence-corrected chi connectivity index (χ2v) is 7.32. The van der Waals surface area contributed by atoms with Gasteiger partial charge in [-0.1, -0.05) is 30.3 Å². The number of benzene rings is 2. The van der Waals surface area contributed by atoms with Gasteiger partial charge in [0.1, 0.15) is 24.5 Å². The number of carbonyl (C=O) groups is 2. The Kier molecular flexibility index (Phi) is 6.77. The van der Waals surface area contributed by atoms with Crippen molar-refractivity contribution in [2.24, 2.45) is 0 Å². The molecule has 0 atom stereocenters. The lowest BCUT2D eigenvalue weighted by atomic mass is 10.2. The van der Waals surface area contributed by atoms with Crippen LogP contribution < -0.4 is 15.0 Å². The summed E-state index contributed by atoms with van der Waals surface area (Å²) in [6.07, 6.45) is 2.23. The molecule has 0 bridgehead atoms. The van der Waals surface area contributed by atoms with E-state index in [-0.39, 0.29) is 37.0 Å². The maximum absolute atomic E-state index is 13.2. The van der Waals surface area contributed by atoms with E-state index in [1.807, 2.05) is 23.1 Å². The summed E-state index contributed by atoms with van der Waals surface area (Å²) in [5.74, 6) is -1.00. The smallest absolute Gasteiger partial charge is 0.325 e. The number of nitrogens with zero attached hydrogens (tertiary/aromatic N) is 3. The van der Waals surface area contributed by atoms with Crippen LogP contribution in [0.25, 0.3) is 0 Å². The van der Waals surface area contributed by atoms with E-state index >= 15 is 0 Å². The van der Waals surface area contributed by atoms with Gasteiger partial charge in [-0.3, -0.25) is 9.59 Å². The molecule has 8 nitrogen and oxygen atoms in total. The lowest BCUT2D eigenvalue weighted by Gasteiger charge is -2.19. The van der Waals surface area contributed by atoms with E-state index in [2.05, 4.69) is 21.4 Å². The van der Waals surface area contributed by atoms with Gasteiger partial charge >= 0.3 is 5.97 Å². The van der Waals surface area contributed by atoms with Gasteiger partial charge in [0.05, 0.1) is 6.61 Å². The second-order valence-electron chi connectivity index (χ2n) is 7.32. The number of fused-ring (bicyclic) bond motifs is 1. The molecule has 0 radical (unpaired) electrons. The number of amides is 1. The molecule has 1 aliphatic heterocycles. The normalized spacial score (nSPS) is 12.2. The minimum absolute atomic E-state index is 0.0649. The standard InChI is InChI=1S/C24H23FN4O4/c1-2-32-21(30)14-26-22(31)19-13-27-24(29-12-11-17-5-3-4-6-20(17)29)28-23(19)33-15-16-7-9-18(25)10-8-16/h3-10,13H,2,11-12,14-15H2,1H3,(H,26,31). The third kappa shape index (κ3) is 5.25. The van der Waals surface area contributed by atoms with E-state index in [1.165, 1.54) is 23.9 Å². The summed E-state index contributed by atoms with van der Waals surface area (Å²) in [5, 5.41) is 2.50. The topological polar surface area (TPSA) is 93.6 Å². The quantitative estimate of drug-likeness (QED) is 0.527. The molecule has 1 aromatic heterocycles. The Bertz CT molecular complexity index is 1150. The van der Waals surface area contributed by atoms with Crippen LogP contribution in [0.15, 0.2) is 54.7 Å². The van der Waals surface area contributed by atoms with Gasteiger partial charge in [0.15, 0.2) is 0 Å². The van der Waals surface area contributed by atoms with Gasteiger partial charge in [0, 0.05) is 18.4 Å². The SMILES string of the molecule is CCOC(=O)CNC(=O)c1cnc(N2CCc3ccccc32)nc1OCc1ccc(F)cc1. The lowest BCUT2D eigenvalue weighted by Crippen LogP contribution is -2.31. The monoisotopic (exact) mass is 450 g/mol. The average Bonchev–Trinajstić information content (AvgIpc) is 3.26. The third-order valence-corrected chi connectivity index (χ3v) is 5.10. The molecule has 0 unspecified atom stereocenters. The Morgan fingerprint density at radius 1 is 1.15 bits per heavy atom. The van der Waals surface area contributed by atoms with Crippen molar-refractivity contribution in [2.45, 2.75) is 20.0 Å². The van der Waals surface area contributed by atoms with Crippen molar-refractivity contribution in [1.29, 1.82) is 0 Å². The Labute approximate surface area is 190 Å². The maximum Gasteiger partial charge on any atom is 0.325 e. The zero-order chi connectivity index (χ0) is 23.2. The fourth-order valence-corrected chi connectivity index (χ4v) is 3.49. The minimum atomic E-state index is -0.564. The van der Waals surface area contributed by atoms with E-state index in [4.69, 9.17) is 9.47 Å². The Morgan fingerprint density at radius 2 is 1.94 bits per heavy atom. The number of halogens is 1. The molecular formula is C24H23FN4O4. The Morgan fingerprint density at radius 3 is 2.73 bits per heavy atom. The second kappa shape index (κ2) is 10.1. The zero-order valence-electron chi connectivity index (χ0n) is 18.1. The van der Waals surface area contributed by atoms with Crippen LogP contribution in [0.4, 0.5) is 16.0 Å². The van der Waals surface area contributed by atoms with Gasteiger partial charge in [0.25, 0.3) is 5.91 Å². The van der Waals surface area contributed by atoms with Gasteiger partial charge in [-0.25, -0.2) is 9.37 Å². The van der Waals surface area contributed by atoms with Crippen LogP contribution in [-0.4, -0.2) is 41.5 Å². The molecule has 9 heteroatoms. The molecular weight excluding hydrogens is 427 g/mol. The number of ether oxygens (including phenoxy) is 2. The van der Waals surface area contributed by atoms with Gasteiger partial charge in [-0.05, 0) is 42.7 Å². The van der Waals surface area contributed by atoms with Crippen LogP contribution in [0, 0.1) is 5.82 Å². The summed E-state index contributed by atoms with van der Waals surface area (Å²) < 4.78 is 23.9. The third-order valence-electron chi connectivity index (χ3n) is 5.10. The fraction of sp³-hybridized carbons (Fsp3) is 0.250. The largest absolute Gasteiger partial charge is 0.472 e. The van der Waals surface area contributed by atoms with E-state index in [1.54, 1.807) is 19.1 Å². The lowest BCUT2D eigenvalue weighted by molar-refractivity contribution is -0.141. The maximum atomic E-state index is 13.2. The number of rotatable bonds is 8. The molecule has 1 amide bonds. The van der Waals surface area contributed by atoms with Gasteiger partial charge < -0.3 is 19.7 Å². The summed E-state index contributed by atoms with van der Waals surface area (Å²) in [6.45, 7) is 2.39. The molecule has 0 saturated heterocycles. The molecule has 33 heavy (non-hydrogen) atoms. The number of para-hydroxylation sites is 1. The van der Waals surface area contributed by atoms with Crippen LogP contribution in [-0.2, 0) is 22.6 Å². The molecule has 1 N–H and O–H groups in total. The highest BCUT2D eigenvalue weighted by Gasteiger charge is 2.25. The van der Waals surface area contributed by atoms with Crippen LogP contribution in [0.5, 0.6) is 5.88 Å². The molecule has 3 aromatic rings. The number of anilines is 2. The van der Waals surface area contributed by atoms with Crippen molar-refractivity contribution in [3.8, 4) is 5.88 Å². The van der Waals surface area contributed by atoms with Gasteiger partial charge in [0.2, 0.25) is 11.8 Å². The molecule has 0 fully saturated rings. The number of esters is 1. The highest BCUT2D eigenvalue weighted by molar-refractivity contribution is 5.97. The minimum Gasteiger partial charge on any atom is -0.472 e. The summed E-state index contributed by atoms with van der Waals surface area (Å²) in [5.41, 5.74) is 2.98. The predicted molar refractivity (Wildman–Crippen MR) is 119 cm³/mol. The molecule has 1 aliphatic rings. The Hall–Kier alpha value is -4.01. The number of hydrogen-bond donors (Lipinski definition) is 1. The molecule has 4 rings (SSSR count). The van der Waals surface area contributed by atoms with Crippen molar-refractivity contribution < 1.29 is 23.5 Å². The summed E-state index contributed by atoms with van der Waals surface area (Å²) in [7, 11) is 0. The average molecular weight is 450 g/mol. The van der Waals surface area contributed by atoms with Crippen LogP contribution in [0.1, 0.15) is 28.4 Å². The summed E-state index contributed by atoms with van der Waals surface area (Å²) >= 11 is 0. The van der Waals surface area contributed by atoms with Crippen LogP contribution in [0.3, 0.4) is 0 Å². The zero-order valence-corrected chi connectivity index (χ0v) is 18.1. The first kappa shape index (κ1) is 22.2.